The minimum absolute atomic E-state index is 0.0635. The molecule has 2 aliphatic carbocycles. The summed E-state index contributed by atoms with van der Waals surface area (Å²) < 4.78 is 0. The van der Waals surface area contributed by atoms with Gasteiger partial charge in [-0.15, -0.1) is 11.8 Å². The average molecular weight is 331 g/mol. The number of nitrogens with one attached hydrogen (secondary N) is 1. The Morgan fingerprint density at radius 3 is 2.73 bits per heavy atom. The van der Waals surface area contributed by atoms with Crippen molar-refractivity contribution in [3.05, 3.63) is 44.4 Å². The molecule has 5 rings (SSSR count). The third kappa shape index (κ3) is 1.78. The topological polar surface area (TPSA) is 53.1 Å². The molecule has 2 bridgehead atoms. The second-order valence-corrected chi connectivity index (χ2v) is 8.97. The third-order valence-corrected chi connectivity index (χ3v) is 8.34. The van der Waals surface area contributed by atoms with E-state index in [-0.39, 0.29) is 4.87 Å². The molecule has 22 heavy (non-hydrogen) atoms. The summed E-state index contributed by atoms with van der Waals surface area (Å²) in [5.41, 5.74) is 1.25. The number of H-pyrrole nitrogens is 1. The van der Waals surface area contributed by atoms with Crippen LogP contribution in [-0.2, 0) is 0 Å². The fraction of sp³-hybridized carbons (Fsp3) is 0.471. The highest BCUT2D eigenvalue weighted by molar-refractivity contribution is 8.00. The van der Waals surface area contributed by atoms with E-state index >= 15 is 0 Å². The molecule has 5 heteroatoms. The average Bonchev–Trinajstić information content (AvgIpc) is 3.19. The molecule has 1 aromatic heterocycles. The van der Waals surface area contributed by atoms with Gasteiger partial charge in [-0.1, -0.05) is 23.5 Å². The van der Waals surface area contributed by atoms with E-state index < -0.39 is 0 Å². The van der Waals surface area contributed by atoms with Crippen molar-refractivity contribution < 1.29 is 5.11 Å². The molecule has 1 aromatic carbocycles. The minimum Gasteiger partial charge on any atom is -0.508 e. The molecule has 3 aliphatic rings. The maximum atomic E-state index is 11.9. The van der Waals surface area contributed by atoms with Crippen molar-refractivity contribution in [3.63, 3.8) is 0 Å². The molecule has 2 aromatic rings. The van der Waals surface area contributed by atoms with Crippen molar-refractivity contribution in [2.24, 2.45) is 17.8 Å². The predicted molar refractivity (Wildman–Crippen MR) is 88.9 cm³/mol. The molecule has 3 nitrogen and oxygen atoms in total. The van der Waals surface area contributed by atoms with Crippen LogP contribution < -0.4 is 4.87 Å². The number of phenols is 1. The standard InChI is InChI=1S/C17H17NO2S2/c19-11-5-3-8(4-6-11)12-13-9-1-2-10(7-9)14(13)21-16-15(12)22-17(20)18-16/h3-6,9-10,12-14,19H,1-2,7H2,(H,18,20)/t9-,10-,12-,13-,14+/m1/s1. The molecule has 2 heterocycles. The van der Waals surface area contributed by atoms with Crippen molar-refractivity contribution in [3.8, 4) is 5.75 Å². The molecule has 0 radical (unpaired) electrons. The number of aromatic hydroxyl groups is 1. The van der Waals surface area contributed by atoms with Crippen molar-refractivity contribution in [2.45, 2.75) is 35.5 Å². The monoisotopic (exact) mass is 331 g/mol. The first kappa shape index (κ1) is 13.3. The van der Waals surface area contributed by atoms with Crippen LogP contribution in [0.2, 0.25) is 0 Å². The fourth-order valence-corrected chi connectivity index (χ4v) is 7.80. The van der Waals surface area contributed by atoms with Gasteiger partial charge in [-0.2, -0.15) is 0 Å². The molecule has 0 unspecified atom stereocenters. The van der Waals surface area contributed by atoms with Crippen molar-refractivity contribution >= 4 is 23.1 Å². The zero-order chi connectivity index (χ0) is 14.8. The molecule has 2 N–H and O–H groups in total. The number of rotatable bonds is 1. The molecular formula is C17H17NO2S2. The molecule has 0 spiro atoms. The first-order chi connectivity index (χ1) is 10.7. The van der Waals surface area contributed by atoms with Gasteiger partial charge in [-0.25, -0.2) is 0 Å². The number of aromatic nitrogens is 1. The summed E-state index contributed by atoms with van der Waals surface area (Å²) in [4.78, 5) is 16.2. The second kappa shape index (κ2) is 4.65. The van der Waals surface area contributed by atoms with Gasteiger partial charge in [0, 0.05) is 16.0 Å². The SMILES string of the molecule is O=c1[nH]c2c(s1)[C@H](c1ccc(O)cc1)[C@H]1[C@@H]3CC[C@H](C3)[C@@H]1S2. The zero-order valence-corrected chi connectivity index (χ0v) is 13.6. The number of hydrogen-bond donors (Lipinski definition) is 2. The maximum Gasteiger partial charge on any atom is 0.305 e. The molecule has 0 saturated heterocycles. The second-order valence-electron chi connectivity index (χ2n) is 6.77. The summed E-state index contributed by atoms with van der Waals surface area (Å²) in [6.07, 6.45) is 4.05. The third-order valence-electron chi connectivity index (χ3n) is 5.72. The first-order valence-corrected chi connectivity index (χ1v) is 9.59. The summed E-state index contributed by atoms with van der Waals surface area (Å²) in [7, 11) is 0. The van der Waals surface area contributed by atoms with E-state index in [1.54, 1.807) is 12.1 Å². The summed E-state index contributed by atoms with van der Waals surface area (Å²) in [6.45, 7) is 0. The lowest BCUT2D eigenvalue weighted by atomic mass is 9.75. The Balaban J connectivity index is 1.68. The quantitative estimate of drug-likeness (QED) is 0.836. The normalized spacial score (nSPS) is 35.4. The van der Waals surface area contributed by atoms with Gasteiger partial charge < -0.3 is 10.1 Å². The number of fused-ring (bicyclic) bond motifs is 6. The van der Waals surface area contributed by atoms with Crippen LogP contribution in [0, 0.1) is 17.8 Å². The van der Waals surface area contributed by atoms with Crippen molar-refractivity contribution in [1.82, 2.24) is 4.98 Å². The lowest BCUT2D eigenvalue weighted by Crippen LogP contribution is -2.33. The van der Waals surface area contributed by atoms with Gasteiger partial charge in [-0.05, 0) is 54.7 Å². The van der Waals surface area contributed by atoms with Gasteiger partial charge in [0.1, 0.15) is 5.75 Å². The number of thiazole rings is 1. The lowest BCUT2D eigenvalue weighted by Gasteiger charge is -2.40. The highest BCUT2D eigenvalue weighted by Crippen LogP contribution is 2.63. The van der Waals surface area contributed by atoms with Crippen molar-refractivity contribution in [1.29, 1.82) is 0 Å². The molecular weight excluding hydrogens is 314 g/mol. The van der Waals surface area contributed by atoms with Crippen LogP contribution in [0.15, 0.2) is 34.1 Å². The van der Waals surface area contributed by atoms with Gasteiger partial charge in [0.25, 0.3) is 0 Å². The van der Waals surface area contributed by atoms with Gasteiger partial charge in [0.15, 0.2) is 0 Å². The highest BCUT2D eigenvalue weighted by atomic mass is 32.2. The highest BCUT2D eigenvalue weighted by Gasteiger charge is 2.54. The Hall–Kier alpha value is -1.20. The van der Waals surface area contributed by atoms with Gasteiger partial charge >= 0.3 is 4.87 Å². The Kier molecular flexibility index (Phi) is 2.80. The number of hydrogen-bond acceptors (Lipinski definition) is 4. The number of thioether (sulfide) groups is 1. The zero-order valence-electron chi connectivity index (χ0n) is 12.0. The van der Waals surface area contributed by atoms with E-state index in [4.69, 9.17) is 0 Å². The molecule has 2 fully saturated rings. The van der Waals surface area contributed by atoms with Crippen LogP contribution in [0.25, 0.3) is 0 Å². The van der Waals surface area contributed by atoms with E-state index in [0.29, 0.717) is 22.8 Å². The Labute approximate surface area is 136 Å². The van der Waals surface area contributed by atoms with Crippen LogP contribution in [0.5, 0.6) is 5.75 Å². The molecule has 5 atom stereocenters. The summed E-state index contributed by atoms with van der Waals surface area (Å²) in [6, 6.07) is 7.61. The number of aromatic amines is 1. The molecule has 0 amide bonds. The molecule has 2 saturated carbocycles. The van der Waals surface area contributed by atoms with Crippen molar-refractivity contribution in [2.75, 3.05) is 0 Å². The van der Waals surface area contributed by atoms with Crippen LogP contribution in [-0.4, -0.2) is 15.3 Å². The molecule has 1 aliphatic heterocycles. The summed E-state index contributed by atoms with van der Waals surface area (Å²) in [5.74, 6) is 2.89. The Morgan fingerprint density at radius 2 is 1.91 bits per heavy atom. The summed E-state index contributed by atoms with van der Waals surface area (Å²) in [5, 5.41) is 11.3. The Morgan fingerprint density at radius 1 is 1.14 bits per heavy atom. The number of phenolic OH excluding ortho intramolecular Hbond substituents is 1. The van der Waals surface area contributed by atoms with E-state index in [0.717, 1.165) is 16.9 Å². The largest absolute Gasteiger partial charge is 0.508 e. The van der Waals surface area contributed by atoms with Crippen LogP contribution >= 0.6 is 23.1 Å². The van der Waals surface area contributed by atoms with E-state index in [9.17, 15) is 9.90 Å². The fourth-order valence-electron chi connectivity index (χ4n) is 4.90. The maximum absolute atomic E-state index is 11.9. The first-order valence-electron chi connectivity index (χ1n) is 7.89. The van der Waals surface area contributed by atoms with E-state index in [1.807, 2.05) is 23.9 Å². The minimum atomic E-state index is 0.0635. The predicted octanol–water partition coefficient (Wildman–Crippen LogP) is 3.79. The van der Waals surface area contributed by atoms with Crippen LogP contribution in [0.4, 0.5) is 0 Å². The van der Waals surface area contributed by atoms with Crippen LogP contribution in [0.1, 0.15) is 35.6 Å². The van der Waals surface area contributed by atoms with E-state index in [1.165, 1.54) is 41.0 Å². The Bertz CT molecular complexity index is 779. The number of benzene rings is 1. The summed E-state index contributed by atoms with van der Waals surface area (Å²) >= 11 is 3.30. The molecule has 114 valence electrons. The van der Waals surface area contributed by atoms with Gasteiger partial charge in [-0.3, -0.25) is 4.79 Å². The van der Waals surface area contributed by atoms with E-state index in [2.05, 4.69) is 4.98 Å². The van der Waals surface area contributed by atoms with Gasteiger partial charge in [0.05, 0.1) is 5.03 Å². The van der Waals surface area contributed by atoms with Crippen LogP contribution in [0.3, 0.4) is 0 Å². The van der Waals surface area contributed by atoms with Gasteiger partial charge in [0.2, 0.25) is 0 Å². The lowest BCUT2D eigenvalue weighted by molar-refractivity contribution is 0.307. The smallest absolute Gasteiger partial charge is 0.305 e.